The van der Waals surface area contributed by atoms with Crippen LogP contribution in [-0.2, 0) is 17.8 Å². The van der Waals surface area contributed by atoms with Gasteiger partial charge in [0.1, 0.15) is 11.5 Å². The Morgan fingerprint density at radius 3 is 2.76 bits per heavy atom. The Bertz CT molecular complexity index is 662. The first kappa shape index (κ1) is 13.5. The predicted molar refractivity (Wildman–Crippen MR) is 76.2 cm³/mol. The maximum absolute atomic E-state index is 12.2. The van der Waals surface area contributed by atoms with E-state index < -0.39 is 0 Å². The van der Waals surface area contributed by atoms with Gasteiger partial charge in [-0.3, -0.25) is 4.79 Å². The van der Waals surface area contributed by atoms with E-state index >= 15 is 0 Å². The van der Waals surface area contributed by atoms with Crippen molar-refractivity contribution in [3.63, 3.8) is 0 Å². The van der Waals surface area contributed by atoms with Crippen molar-refractivity contribution in [1.29, 1.82) is 0 Å². The second kappa shape index (κ2) is 5.52. The third-order valence-electron chi connectivity index (χ3n) is 3.41. The average Bonchev–Trinajstić information content (AvgIpc) is 3.07. The van der Waals surface area contributed by atoms with Crippen molar-refractivity contribution in [2.24, 2.45) is 0 Å². The van der Waals surface area contributed by atoms with E-state index in [4.69, 9.17) is 13.9 Å². The van der Waals surface area contributed by atoms with Crippen molar-refractivity contribution in [2.75, 3.05) is 13.8 Å². The van der Waals surface area contributed by atoms with Gasteiger partial charge >= 0.3 is 0 Å². The van der Waals surface area contributed by atoms with Gasteiger partial charge in [-0.25, -0.2) is 0 Å². The largest absolute Gasteiger partial charge is 0.464 e. The third-order valence-corrected chi connectivity index (χ3v) is 3.41. The van der Waals surface area contributed by atoms with Gasteiger partial charge in [0.15, 0.2) is 11.5 Å². The highest BCUT2D eigenvalue weighted by Gasteiger charge is 2.16. The Labute approximate surface area is 123 Å². The van der Waals surface area contributed by atoms with Crippen LogP contribution >= 0.6 is 0 Å². The summed E-state index contributed by atoms with van der Waals surface area (Å²) in [5.41, 5.74) is 0.909. The summed E-state index contributed by atoms with van der Waals surface area (Å²) in [5, 5.41) is 0. The van der Waals surface area contributed by atoms with Crippen LogP contribution in [0.2, 0.25) is 0 Å². The van der Waals surface area contributed by atoms with Crippen LogP contribution < -0.4 is 9.47 Å². The van der Waals surface area contributed by atoms with Crippen molar-refractivity contribution in [2.45, 2.75) is 19.9 Å². The molecular weight excluding hydrogens is 270 g/mol. The van der Waals surface area contributed by atoms with Gasteiger partial charge in [-0.1, -0.05) is 6.07 Å². The molecule has 0 N–H and O–H groups in total. The number of nitrogens with zero attached hydrogens (tertiary/aromatic N) is 1. The lowest BCUT2D eigenvalue weighted by Gasteiger charge is -2.15. The van der Waals surface area contributed by atoms with Gasteiger partial charge in [0.25, 0.3) is 0 Å². The van der Waals surface area contributed by atoms with Crippen LogP contribution in [0, 0.1) is 6.92 Å². The number of rotatable bonds is 4. The third kappa shape index (κ3) is 3.02. The number of benzene rings is 1. The zero-order valence-electron chi connectivity index (χ0n) is 12.1. The minimum Gasteiger partial charge on any atom is -0.464 e. The molecule has 110 valence electrons. The summed E-state index contributed by atoms with van der Waals surface area (Å²) in [4.78, 5) is 13.9. The molecule has 0 bridgehead atoms. The van der Waals surface area contributed by atoms with Crippen LogP contribution in [0.3, 0.4) is 0 Å². The summed E-state index contributed by atoms with van der Waals surface area (Å²) in [6, 6.07) is 9.35. The number of carbonyl (C=O) groups is 1. The molecule has 0 saturated carbocycles. The molecule has 0 aliphatic carbocycles. The molecule has 0 fully saturated rings. The molecule has 1 aliphatic rings. The fraction of sp³-hybridized carbons (Fsp3) is 0.312. The molecule has 1 aromatic carbocycles. The highest BCUT2D eigenvalue weighted by molar-refractivity contribution is 5.78. The minimum atomic E-state index is 0.0305. The summed E-state index contributed by atoms with van der Waals surface area (Å²) >= 11 is 0. The summed E-state index contributed by atoms with van der Waals surface area (Å²) in [7, 11) is 1.77. The predicted octanol–water partition coefficient (Wildman–Crippen LogP) is 2.52. The summed E-state index contributed by atoms with van der Waals surface area (Å²) in [5.74, 6) is 3.09. The second-order valence-electron chi connectivity index (χ2n) is 5.13. The number of fused-ring (bicyclic) bond motifs is 1. The molecular formula is C16H17NO4. The molecule has 1 aromatic heterocycles. The van der Waals surface area contributed by atoms with Crippen LogP contribution in [-0.4, -0.2) is 24.6 Å². The zero-order valence-corrected chi connectivity index (χ0v) is 12.1. The summed E-state index contributed by atoms with van der Waals surface area (Å²) < 4.78 is 16.1. The summed E-state index contributed by atoms with van der Waals surface area (Å²) in [6.07, 6.45) is 0.326. The molecule has 0 spiro atoms. The quantitative estimate of drug-likeness (QED) is 0.867. The van der Waals surface area contributed by atoms with Crippen molar-refractivity contribution < 1.29 is 18.7 Å². The molecule has 1 aliphatic heterocycles. The van der Waals surface area contributed by atoms with E-state index in [1.807, 2.05) is 37.3 Å². The number of hydrogen-bond donors (Lipinski definition) is 0. The van der Waals surface area contributed by atoms with E-state index in [0.717, 1.165) is 22.8 Å². The fourth-order valence-electron chi connectivity index (χ4n) is 2.25. The lowest BCUT2D eigenvalue weighted by atomic mass is 10.1. The first-order chi connectivity index (χ1) is 10.1. The van der Waals surface area contributed by atoms with Gasteiger partial charge in [-0.05, 0) is 36.8 Å². The van der Waals surface area contributed by atoms with Gasteiger partial charge in [-0.15, -0.1) is 0 Å². The lowest BCUT2D eigenvalue weighted by molar-refractivity contribution is -0.129. The molecule has 5 nitrogen and oxygen atoms in total. The number of amides is 1. The highest BCUT2D eigenvalue weighted by Crippen LogP contribution is 2.32. The monoisotopic (exact) mass is 287 g/mol. The molecule has 5 heteroatoms. The highest BCUT2D eigenvalue weighted by atomic mass is 16.7. The van der Waals surface area contributed by atoms with E-state index in [1.165, 1.54) is 0 Å². The molecule has 1 amide bonds. The Morgan fingerprint density at radius 1 is 1.19 bits per heavy atom. The van der Waals surface area contributed by atoms with Gasteiger partial charge < -0.3 is 18.8 Å². The van der Waals surface area contributed by atoms with E-state index in [0.29, 0.717) is 18.7 Å². The molecule has 2 heterocycles. The molecule has 0 radical (unpaired) electrons. The molecule has 0 unspecified atom stereocenters. The lowest BCUT2D eigenvalue weighted by Crippen LogP contribution is -2.27. The van der Waals surface area contributed by atoms with E-state index in [-0.39, 0.29) is 12.7 Å². The number of likely N-dealkylation sites (N-methyl/N-ethyl adjacent to an activating group) is 1. The molecule has 0 atom stereocenters. The van der Waals surface area contributed by atoms with Crippen molar-refractivity contribution >= 4 is 5.91 Å². The molecule has 3 rings (SSSR count). The minimum absolute atomic E-state index is 0.0305. The topological polar surface area (TPSA) is 51.9 Å². The first-order valence-electron chi connectivity index (χ1n) is 6.79. The first-order valence-corrected chi connectivity index (χ1v) is 6.79. The number of hydrogen-bond acceptors (Lipinski definition) is 4. The summed E-state index contributed by atoms with van der Waals surface area (Å²) in [6.45, 7) is 2.60. The Morgan fingerprint density at radius 2 is 2.00 bits per heavy atom. The van der Waals surface area contributed by atoms with Gasteiger partial charge in [0.2, 0.25) is 12.7 Å². The van der Waals surface area contributed by atoms with Gasteiger partial charge in [0, 0.05) is 7.05 Å². The van der Waals surface area contributed by atoms with Crippen LogP contribution in [0.4, 0.5) is 0 Å². The Kier molecular flexibility index (Phi) is 3.56. The average molecular weight is 287 g/mol. The SMILES string of the molecule is Cc1ccc(CN(C)C(=O)Cc2ccc3c(c2)OCO3)o1. The van der Waals surface area contributed by atoms with E-state index in [9.17, 15) is 4.79 Å². The standard InChI is InChI=1S/C16H17NO4/c1-11-3-5-13(21-11)9-17(2)16(18)8-12-4-6-14-15(7-12)20-10-19-14/h3-7H,8-10H2,1-2H3. The smallest absolute Gasteiger partial charge is 0.231 e. The molecule has 2 aromatic rings. The number of ether oxygens (including phenoxy) is 2. The molecule has 21 heavy (non-hydrogen) atoms. The van der Waals surface area contributed by atoms with E-state index in [1.54, 1.807) is 11.9 Å². The maximum Gasteiger partial charge on any atom is 0.231 e. The second-order valence-corrected chi connectivity index (χ2v) is 5.13. The van der Waals surface area contributed by atoms with Crippen molar-refractivity contribution in [3.05, 3.63) is 47.4 Å². The number of furan rings is 1. The van der Waals surface area contributed by atoms with Crippen LogP contribution in [0.5, 0.6) is 11.5 Å². The maximum atomic E-state index is 12.2. The van der Waals surface area contributed by atoms with Crippen LogP contribution in [0.15, 0.2) is 34.7 Å². The van der Waals surface area contributed by atoms with Gasteiger partial charge in [0.05, 0.1) is 13.0 Å². The van der Waals surface area contributed by atoms with Crippen molar-refractivity contribution in [1.82, 2.24) is 4.90 Å². The fourth-order valence-corrected chi connectivity index (χ4v) is 2.25. The Hall–Kier alpha value is -2.43. The molecule has 0 saturated heterocycles. The van der Waals surface area contributed by atoms with Crippen LogP contribution in [0.25, 0.3) is 0 Å². The van der Waals surface area contributed by atoms with Gasteiger partial charge in [-0.2, -0.15) is 0 Å². The zero-order chi connectivity index (χ0) is 14.8. The van der Waals surface area contributed by atoms with Crippen LogP contribution in [0.1, 0.15) is 17.1 Å². The Balaban J connectivity index is 1.63. The van der Waals surface area contributed by atoms with Crippen molar-refractivity contribution in [3.8, 4) is 11.5 Å². The normalized spacial score (nSPS) is 12.5. The van der Waals surface area contributed by atoms with E-state index in [2.05, 4.69) is 0 Å². The number of aryl methyl sites for hydroxylation is 1. The number of carbonyl (C=O) groups excluding carboxylic acids is 1.